The summed E-state index contributed by atoms with van der Waals surface area (Å²) >= 11 is 0. The average molecular weight is 237 g/mol. The van der Waals surface area contributed by atoms with Crippen molar-refractivity contribution in [3.05, 3.63) is 23.8 Å². The zero-order valence-corrected chi connectivity index (χ0v) is 11.1. The maximum Gasteiger partial charge on any atom is 0.339 e. The summed E-state index contributed by atoms with van der Waals surface area (Å²) in [5, 5.41) is 7.91. The van der Waals surface area contributed by atoms with Crippen LogP contribution >= 0.6 is 0 Å². The van der Waals surface area contributed by atoms with Gasteiger partial charge in [-0.1, -0.05) is 31.9 Å². The quantitative estimate of drug-likeness (QED) is 0.230. The number of esters is 1. The zero-order valence-electron chi connectivity index (χ0n) is 11.1. The lowest BCUT2D eigenvalue weighted by Crippen LogP contribution is -2.15. The van der Waals surface area contributed by atoms with E-state index in [4.69, 9.17) is 10.1 Å². The molecule has 0 aliphatic rings. The van der Waals surface area contributed by atoms with Gasteiger partial charge in [-0.15, -0.1) is 0 Å². The van der Waals surface area contributed by atoms with E-state index in [0.29, 0.717) is 24.3 Å². The van der Waals surface area contributed by atoms with Gasteiger partial charge in [0.05, 0.1) is 12.2 Å². The predicted octanol–water partition coefficient (Wildman–Crippen LogP) is 3.65. The van der Waals surface area contributed by atoms with Crippen LogP contribution < -0.4 is 0 Å². The van der Waals surface area contributed by atoms with Crippen LogP contribution in [0.5, 0.6) is 0 Å². The van der Waals surface area contributed by atoms with E-state index in [1.54, 1.807) is 19.1 Å². The summed E-state index contributed by atoms with van der Waals surface area (Å²) in [6, 6.07) is 0. The highest BCUT2D eigenvalue weighted by Gasteiger charge is 2.14. The van der Waals surface area contributed by atoms with E-state index in [2.05, 4.69) is 6.92 Å². The molecular formula is C14H23NO2. The summed E-state index contributed by atoms with van der Waals surface area (Å²) in [6.45, 7) is 6.10. The van der Waals surface area contributed by atoms with Crippen molar-refractivity contribution >= 4 is 11.7 Å². The molecule has 0 atom stereocenters. The van der Waals surface area contributed by atoms with E-state index < -0.39 is 5.97 Å². The number of carbonyl (C=O) groups excluding carboxylic acids is 1. The molecule has 0 saturated carbocycles. The maximum absolute atomic E-state index is 11.7. The molecule has 0 aromatic heterocycles. The number of hydrogen-bond donors (Lipinski definition) is 1. The van der Waals surface area contributed by atoms with Crippen molar-refractivity contribution in [1.29, 1.82) is 5.41 Å². The molecule has 0 unspecified atom stereocenters. The van der Waals surface area contributed by atoms with Gasteiger partial charge in [0.25, 0.3) is 0 Å². The molecule has 3 heteroatoms. The SMILES string of the molecule is CC=C/C=C(\C(=N)CCCCC)C(=O)OCC. The number of carbonyl (C=O) groups is 1. The van der Waals surface area contributed by atoms with Crippen LogP contribution in [-0.4, -0.2) is 18.3 Å². The highest BCUT2D eigenvalue weighted by atomic mass is 16.5. The fraction of sp³-hybridized carbons (Fsp3) is 0.571. The number of nitrogens with one attached hydrogen (secondary N) is 1. The van der Waals surface area contributed by atoms with Crippen LogP contribution in [0, 0.1) is 5.41 Å². The Morgan fingerprint density at radius 1 is 1.29 bits per heavy atom. The first-order valence-electron chi connectivity index (χ1n) is 6.25. The first-order chi connectivity index (χ1) is 8.17. The zero-order chi connectivity index (χ0) is 13.1. The van der Waals surface area contributed by atoms with Crippen molar-refractivity contribution in [1.82, 2.24) is 0 Å². The third kappa shape index (κ3) is 6.72. The molecule has 17 heavy (non-hydrogen) atoms. The van der Waals surface area contributed by atoms with E-state index >= 15 is 0 Å². The molecule has 0 radical (unpaired) electrons. The first-order valence-corrected chi connectivity index (χ1v) is 6.25. The average Bonchev–Trinajstić information content (AvgIpc) is 2.30. The Morgan fingerprint density at radius 2 is 2.00 bits per heavy atom. The van der Waals surface area contributed by atoms with Crippen LogP contribution in [-0.2, 0) is 9.53 Å². The highest BCUT2D eigenvalue weighted by Crippen LogP contribution is 2.09. The van der Waals surface area contributed by atoms with Gasteiger partial charge in [-0.05, 0) is 32.8 Å². The van der Waals surface area contributed by atoms with Gasteiger partial charge < -0.3 is 10.1 Å². The molecule has 0 saturated heterocycles. The molecule has 0 rings (SSSR count). The van der Waals surface area contributed by atoms with Gasteiger partial charge in [0.1, 0.15) is 0 Å². The van der Waals surface area contributed by atoms with Crippen LogP contribution in [0.15, 0.2) is 23.8 Å². The Labute approximate surface area is 104 Å². The molecule has 0 aromatic carbocycles. The topological polar surface area (TPSA) is 50.2 Å². The number of ether oxygens (including phenoxy) is 1. The molecule has 0 aromatic rings. The second kappa shape index (κ2) is 9.82. The van der Waals surface area contributed by atoms with Gasteiger partial charge in [0, 0.05) is 5.71 Å². The molecule has 1 N–H and O–H groups in total. The van der Waals surface area contributed by atoms with Gasteiger partial charge in [-0.3, -0.25) is 0 Å². The van der Waals surface area contributed by atoms with Gasteiger partial charge in [0.2, 0.25) is 0 Å². The van der Waals surface area contributed by atoms with E-state index in [-0.39, 0.29) is 0 Å². The summed E-state index contributed by atoms with van der Waals surface area (Å²) in [5.74, 6) is -0.396. The summed E-state index contributed by atoms with van der Waals surface area (Å²) in [6.07, 6.45) is 9.03. The van der Waals surface area contributed by atoms with Crippen LogP contribution in [0.2, 0.25) is 0 Å². The first kappa shape index (κ1) is 15.6. The largest absolute Gasteiger partial charge is 0.462 e. The maximum atomic E-state index is 11.7. The number of unbranched alkanes of at least 4 members (excludes halogenated alkanes) is 2. The molecule has 0 spiro atoms. The lowest BCUT2D eigenvalue weighted by atomic mass is 10.0. The Morgan fingerprint density at radius 3 is 2.53 bits per heavy atom. The van der Waals surface area contributed by atoms with Crippen molar-refractivity contribution in [3.8, 4) is 0 Å². The number of hydrogen-bond acceptors (Lipinski definition) is 3. The molecule has 0 aliphatic carbocycles. The molecule has 0 fully saturated rings. The highest BCUT2D eigenvalue weighted by molar-refractivity contribution is 6.18. The summed E-state index contributed by atoms with van der Waals surface area (Å²) < 4.78 is 4.95. The van der Waals surface area contributed by atoms with Crippen molar-refractivity contribution < 1.29 is 9.53 Å². The molecule has 0 bridgehead atoms. The standard InChI is InChI=1S/C14H23NO2/c1-4-7-9-11-13(15)12(10-8-5-2)14(16)17-6-3/h5,8,10,15H,4,6-7,9,11H2,1-3H3/b8-5?,12-10+,15-13?. The lowest BCUT2D eigenvalue weighted by Gasteiger charge is -2.07. The summed E-state index contributed by atoms with van der Waals surface area (Å²) in [5.41, 5.74) is 0.746. The van der Waals surface area contributed by atoms with Crippen molar-refractivity contribution in [2.75, 3.05) is 6.61 Å². The van der Waals surface area contributed by atoms with Crippen molar-refractivity contribution in [2.24, 2.45) is 0 Å². The summed E-state index contributed by atoms with van der Waals surface area (Å²) in [4.78, 5) is 11.7. The van der Waals surface area contributed by atoms with Crippen molar-refractivity contribution in [2.45, 2.75) is 46.5 Å². The third-order valence-electron chi connectivity index (χ3n) is 2.31. The Balaban J connectivity index is 4.57. The molecule has 96 valence electrons. The molecular weight excluding hydrogens is 214 g/mol. The van der Waals surface area contributed by atoms with Gasteiger partial charge >= 0.3 is 5.97 Å². The van der Waals surface area contributed by atoms with Crippen LogP contribution in [0.25, 0.3) is 0 Å². The Hall–Kier alpha value is -1.38. The smallest absolute Gasteiger partial charge is 0.339 e. The monoisotopic (exact) mass is 237 g/mol. The molecule has 0 amide bonds. The second-order valence-corrected chi connectivity index (χ2v) is 3.76. The molecule has 0 aliphatic heterocycles. The minimum atomic E-state index is -0.396. The number of allylic oxidation sites excluding steroid dienone is 3. The lowest BCUT2D eigenvalue weighted by molar-refractivity contribution is -0.137. The van der Waals surface area contributed by atoms with Crippen LogP contribution in [0.1, 0.15) is 46.5 Å². The Kier molecular flexibility index (Phi) is 9.02. The van der Waals surface area contributed by atoms with Gasteiger partial charge in [0.15, 0.2) is 0 Å². The van der Waals surface area contributed by atoms with Crippen molar-refractivity contribution in [3.63, 3.8) is 0 Å². The minimum Gasteiger partial charge on any atom is -0.462 e. The normalized spacial score (nSPS) is 11.8. The van der Waals surface area contributed by atoms with E-state index in [1.807, 2.05) is 13.0 Å². The predicted molar refractivity (Wildman–Crippen MR) is 71.4 cm³/mol. The fourth-order valence-corrected chi connectivity index (χ4v) is 1.38. The van der Waals surface area contributed by atoms with Gasteiger partial charge in [-0.2, -0.15) is 0 Å². The van der Waals surface area contributed by atoms with Crippen LogP contribution in [0.3, 0.4) is 0 Å². The summed E-state index contributed by atoms with van der Waals surface area (Å²) in [7, 11) is 0. The van der Waals surface area contributed by atoms with E-state index in [1.165, 1.54) is 0 Å². The Bertz CT molecular complexity index is 303. The fourth-order valence-electron chi connectivity index (χ4n) is 1.38. The molecule has 0 heterocycles. The number of rotatable bonds is 8. The van der Waals surface area contributed by atoms with E-state index in [0.717, 1.165) is 19.3 Å². The van der Waals surface area contributed by atoms with E-state index in [9.17, 15) is 4.79 Å². The third-order valence-corrected chi connectivity index (χ3v) is 2.31. The van der Waals surface area contributed by atoms with Gasteiger partial charge in [-0.25, -0.2) is 4.79 Å². The second-order valence-electron chi connectivity index (χ2n) is 3.76. The molecule has 3 nitrogen and oxygen atoms in total. The van der Waals surface area contributed by atoms with Crippen LogP contribution in [0.4, 0.5) is 0 Å². The minimum absolute atomic E-state index is 0.342.